The molecule has 0 radical (unpaired) electrons. The highest BCUT2D eigenvalue weighted by molar-refractivity contribution is 7.72. The molecule has 4 rings (SSSR count). The van der Waals surface area contributed by atoms with Gasteiger partial charge in [-0.05, 0) is 74.4 Å². The molecule has 0 aromatic heterocycles. The van der Waals surface area contributed by atoms with Crippen LogP contribution in [-0.2, 0) is 32.2 Å². The molecule has 0 bridgehead atoms. The normalized spacial score (nSPS) is 18.6. The molecule has 0 amide bonds. The van der Waals surface area contributed by atoms with Crippen molar-refractivity contribution in [1.29, 1.82) is 0 Å². The number of hydrogen-bond donors (Lipinski definition) is 2. The summed E-state index contributed by atoms with van der Waals surface area (Å²) in [5.74, 6) is 0. The van der Waals surface area contributed by atoms with E-state index in [2.05, 4.69) is 51.0 Å². The van der Waals surface area contributed by atoms with Gasteiger partial charge in [0.1, 0.15) is 6.54 Å². The van der Waals surface area contributed by atoms with Crippen molar-refractivity contribution >= 4 is 50.1 Å². The van der Waals surface area contributed by atoms with Crippen LogP contribution in [0.2, 0.25) is 0 Å². The molecule has 2 aliphatic heterocycles. The quantitative estimate of drug-likeness (QED) is 0.160. The maximum atomic E-state index is 11.7. The van der Waals surface area contributed by atoms with E-state index in [4.69, 9.17) is 11.6 Å². The molecule has 0 atom stereocenters. The summed E-state index contributed by atoms with van der Waals surface area (Å²) in [4.78, 5) is 2.93. The third-order valence-corrected chi connectivity index (χ3v) is 10.1. The van der Waals surface area contributed by atoms with Gasteiger partial charge in [-0.1, -0.05) is 52.1 Å². The van der Waals surface area contributed by atoms with Gasteiger partial charge in [0.05, 0.1) is 15.2 Å². The van der Waals surface area contributed by atoms with Gasteiger partial charge in [0, 0.05) is 52.5 Å². The molecule has 0 saturated heterocycles. The van der Waals surface area contributed by atoms with Gasteiger partial charge >= 0.3 is 0 Å². The van der Waals surface area contributed by atoms with Gasteiger partial charge in [0.2, 0.25) is 5.69 Å². The summed E-state index contributed by atoms with van der Waals surface area (Å²) >= 11 is 6.80. The Kier molecular flexibility index (Phi) is 9.90. The number of rotatable bonds is 11. The second-order valence-corrected chi connectivity index (χ2v) is 14.5. The van der Waals surface area contributed by atoms with Crippen LogP contribution in [0.25, 0.3) is 0 Å². The lowest BCUT2D eigenvalue weighted by atomic mass is 9.81. The van der Waals surface area contributed by atoms with Gasteiger partial charge in [-0.25, -0.2) is 16.8 Å². The van der Waals surface area contributed by atoms with Crippen molar-refractivity contribution < 1.29 is 21.4 Å². The number of unbranched alkanes of at least 4 members (excludes halogenated alkanes) is 2. The molecule has 0 unspecified atom stereocenters. The van der Waals surface area contributed by atoms with Crippen molar-refractivity contribution in [2.45, 2.75) is 87.8 Å². The minimum atomic E-state index is -2.67. The number of allylic oxidation sites excluding steroid dienone is 6. The van der Waals surface area contributed by atoms with Crippen LogP contribution in [0, 0.1) is 0 Å². The first-order chi connectivity index (χ1) is 19.8. The molecule has 0 N–H and O–H groups in total. The number of thiol groups is 2. The SMILES string of the molecule is CCCCN1/C(=C/C=C(Cl)/C=C/C2=[N+](CCCC)c3ccc([SH](=O)=O)cc3C2(C)C)C(C)(C)c2cc([SH](=O)=O)ccc21. The molecule has 9 heteroatoms. The fraction of sp³-hybridized carbons (Fsp3) is 0.424. The van der Waals surface area contributed by atoms with E-state index in [0.29, 0.717) is 14.8 Å². The molecule has 0 aliphatic carbocycles. The van der Waals surface area contributed by atoms with Gasteiger partial charge < -0.3 is 4.90 Å². The third kappa shape index (κ3) is 6.17. The molecular weight excluding hydrogens is 588 g/mol. The Hall–Kier alpha value is -2.68. The second-order valence-electron chi connectivity index (χ2n) is 12.0. The first kappa shape index (κ1) is 32.2. The predicted molar refractivity (Wildman–Crippen MR) is 174 cm³/mol. The molecule has 2 heterocycles. The minimum absolute atomic E-state index is 0.323. The highest BCUT2D eigenvalue weighted by Crippen LogP contribution is 2.48. The minimum Gasteiger partial charge on any atom is -0.344 e. The highest BCUT2D eigenvalue weighted by atomic mass is 35.5. The fourth-order valence-electron chi connectivity index (χ4n) is 6.04. The smallest absolute Gasteiger partial charge is 0.209 e. The van der Waals surface area contributed by atoms with E-state index in [1.807, 2.05) is 36.4 Å². The molecule has 42 heavy (non-hydrogen) atoms. The number of benzene rings is 2. The fourth-order valence-corrected chi connectivity index (χ4v) is 7.03. The van der Waals surface area contributed by atoms with Crippen LogP contribution in [0.15, 0.2) is 81.2 Å². The molecule has 2 aromatic carbocycles. The van der Waals surface area contributed by atoms with E-state index in [0.717, 1.165) is 72.7 Å². The van der Waals surface area contributed by atoms with E-state index >= 15 is 0 Å². The Morgan fingerprint density at radius 3 is 2.12 bits per heavy atom. The van der Waals surface area contributed by atoms with E-state index < -0.39 is 32.2 Å². The van der Waals surface area contributed by atoms with E-state index in [1.165, 1.54) is 0 Å². The first-order valence-corrected chi connectivity index (χ1v) is 17.3. The Balaban J connectivity index is 1.72. The van der Waals surface area contributed by atoms with Gasteiger partial charge in [-0.3, -0.25) is 0 Å². The number of anilines is 1. The number of hydrogen-bond acceptors (Lipinski definition) is 5. The molecule has 0 fully saturated rings. The molecular formula is C33H42ClN2O4S2+. The van der Waals surface area contributed by atoms with Crippen molar-refractivity contribution in [2.24, 2.45) is 0 Å². The Morgan fingerprint density at radius 2 is 1.50 bits per heavy atom. The lowest BCUT2D eigenvalue weighted by molar-refractivity contribution is -0.438. The average Bonchev–Trinajstić information content (AvgIpc) is 3.29. The Labute approximate surface area is 259 Å². The predicted octanol–water partition coefficient (Wildman–Crippen LogP) is 6.96. The standard InChI is InChI=1S/C33H42ClN2O4S2/c1-7-9-19-35-28-15-13-24(41(37)38)21-26(28)32(3,4)30(35)17-11-23(34)12-18-31-33(5,6)27-22-25(42(39)40)14-16-29(27)36(31)20-10-8-2/h11-18,21-22,41-42H,7-10,19-20H2,1-6H3/q+1. The Morgan fingerprint density at radius 1 is 0.881 bits per heavy atom. The molecule has 226 valence electrons. The van der Waals surface area contributed by atoms with E-state index in [1.54, 1.807) is 24.3 Å². The average molecular weight is 630 g/mol. The monoisotopic (exact) mass is 629 g/mol. The molecule has 2 aromatic rings. The lowest BCUT2D eigenvalue weighted by Crippen LogP contribution is -2.28. The van der Waals surface area contributed by atoms with Crippen molar-refractivity contribution in [3.63, 3.8) is 0 Å². The first-order valence-electron chi connectivity index (χ1n) is 14.6. The molecule has 2 aliphatic rings. The summed E-state index contributed by atoms with van der Waals surface area (Å²) in [5.41, 5.74) is 5.40. The van der Waals surface area contributed by atoms with Crippen molar-refractivity contribution in [3.05, 3.63) is 82.6 Å². The maximum absolute atomic E-state index is 11.7. The number of halogens is 1. The summed E-state index contributed by atoms with van der Waals surface area (Å²) in [7, 11) is -5.33. The summed E-state index contributed by atoms with van der Waals surface area (Å²) in [6.07, 6.45) is 12.0. The Bertz CT molecular complexity index is 1640. The van der Waals surface area contributed by atoms with Crippen LogP contribution in [0.5, 0.6) is 0 Å². The zero-order valence-electron chi connectivity index (χ0n) is 25.3. The molecule has 6 nitrogen and oxygen atoms in total. The largest absolute Gasteiger partial charge is 0.344 e. The lowest BCUT2D eigenvalue weighted by Gasteiger charge is -2.27. The maximum Gasteiger partial charge on any atom is 0.209 e. The zero-order valence-corrected chi connectivity index (χ0v) is 27.9. The summed E-state index contributed by atoms with van der Waals surface area (Å²) in [6, 6.07) is 10.8. The van der Waals surface area contributed by atoms with Crippen LogP contribution < -0.4 is 4.90 Å². The number of nitrogens with zero attached hydrogens (tertiary/aromatic N) is 2. The summed E-state index contributed by atoms with van der Waals surface area (Å²) in [6.45, 7) is 14.4. The van der Waals surface area contributed by atoms with E-state index in [9.17, 15) is 16.8 Å². The van der Waals surface area contributed by atoms with Crippen LogP contribution in [0.3, 0.4) is 0 Å². The van der Waals surface area contributed by atoms with Crippen molar-refractivity contribution in [2.75, 3.05) is 18.0 Å². The van der Waals surface area contributed by atoms with Gasteiger partial charge in [0.15, 0.2) is 27.1 Å². The topological polar surface area (TPSA) is 74.5 Å². The summed E-state index contributed by atoms with van der Waals surface area (Å²) in [5, 5.41) is 0.561. The van der Waals surface area contributed by atoms with Gasteiger partial charge in [-0.15, -0.1) is 0 Å². The zero-order chi connectivity index (χ0) is 30.8. The van der Waals surface area contributed by atoms with E-state index in [-0.39, 0.29) is 0 Å². The van der Waals surface area contributed by atoms with Crippen LogP contribution in [0.4, 0.5) is 11.4 Å². The third-order valence-electron chi connectivity index (χ3n) is 8.44. The number of fused-ring (bicyclic) bond motifs is 2. The highest BCUT2D eigenvalue weighted by Gasteiger charge is 2.44. The second kappa shape index (κ2) is 12.9. The van der Waals surface area contributed by atoms with Crippen LogP contribution in [-0.4, -0.2) is 40.2 Å². The van der Waals surface area contributed by atoms with Crippen molar-refractivity contribution in [3.8, 4) is 0 Å². The molecule has 0 saturated carbocycles. The summed E-state index contributed by atoms with van der Waals surface area (Å²) < 4.78 is 49.2. The van der Waals surface area contributed by atoms with Crippen LogP contribution >= 0.6 is 11.6 Å². The van der Waals surface area contributed by atoms with Crippen molar-refractivity contribution in [1.82, 2.24) is 0 Å². The van der Waals surface area contributed by atoms with Gasteiger partial charge in [-0.2, -0.15) is 4.58 Å². The van der Waals surface area contributed by atoms with Gasteiger partial charge in [0.25, 0.3) is 0 Å². The van der Waals surface area contributed by atoms with Crippen LogP contribution in [0.1, 0.15) is 78.4 Å². The molecule has 0 spiro atoms.